The van der Waals surface area contributed by atoms with Crippen molar-refractivity contribution in [3.63, 3.8) is 0 Å². The molecule has 1 unspecified atom stereocenters. The molecule has 0 aromatic rings. The molecule has 11 heavy (non-hydrogen) atoms. The van der Waals surface area contributed by atoms with Gasteiger partial charge in [0, 0.05) is 18.9 Å². The summed E-state index contributed by atoms with van der Waals surface area (Å²) in [6, 6.07) is -0.0763. The number of nitrogens with two attached hydrogens (primary N) is 1. The minimum absolute atomic E-state index is 0.0255. The molecule has 0 aliphatic carbocycles. The Kier molecular flexibility index (Phi) is 2.65. The molecule has 0 spiro atoms. The highest BCUT2D eigenvalue weighted by Gasteiger charge is 2.15. The lowest BCUT2D eigenvalue weighted by Gasteiger charge is -2.04. The Hall–Kier alpha value is -0.830. The molecule has 1 aliphatic heterocycles. The first-order chi connectivity index (χ1) is 5.20. The van der Waals surface area contributed by atoms with Crippen LogP contribution in [0.25, 0.3) is 0 Å². The van der Waals surface area contributed by atoms with Crippen molar-refractivity contribution >= 4 is 5.78 Å². The maximum Gasteiger partial charge on any atom is 0.198 e. The van der Waals surface area contributed by atoms with Crippen LogP contribution in [0.15, 0.2) is 11.8 Å². The molecule has 1 rings (SSSR count). The number of ether oxygens (including phenoxy) is 1. The molecule has 0 amide bonds. The largest absolute Gasteiger partial charge is 0.490 e. The van der Waals surface area contributed by atoms with Gasteiger partial charge in [0.15, 0.2) is 11.5 Å². The maximum atomic E-state index is 11.2. The van der Waals surface area contributed by atoms with Gasteiger partial charge in [0.1, 0.15) is 0 Å². The van der Waals surface area contributed by atoms with Crippen molar-refractivity contribution in [3.05, 3.63) is 11.8 Å². The molecule has 1 atom stereocenters. The first-order valence-corrected chi connectivity index (χ1v) is 3.82. The summed E-state index contributed by atoms with van der Waals surface area (Å²) < 4.78 is 5.07. The molecule has 1 aliphatic rings. The van der Waals surface area contributed by atoms with Gasteiger partial charge in [-0.05, 0) is 13.0 Å². The summed E-state index contributed by atoms with van der Waals surface area (Å²) in [6.07, 6.45) is 3.05. The number of hydrogen-bond donors (Lipinski definition) is 1. The number of ketones is 1. The number of Topliss-reactive ketones (excluding diaryl/α,β-unsaturated/α-hetero) is 1. The molecular weight excluding hydrogens is 142 g/mol. The van der Waals surface area contributed by atoms with Crippen molar-refractivity contribution in [2.75, 3.05) is 6.61 Å². The zero-order valence-corrected chi connectivity index (χ0v) is 6.67. The second-order valence-electron chi connectivity index (χ2n) is 2.81. The summed E-state index contributed by atoms with van der Waals surface area (Å²) >= 11 is 0. The Morgan fingerprint density at radius 1 is 1.91 bits per heavy atom. The fourth-order valence-electron chi connectivity index (χ4n) is 1.01. The highest BCUT2D eigenvalue weighted by atomic mass is 16.5. The van der Waals surface area contributed by atoms with Crippen molar-refractivity contribution < 1.29 is 9.53 Å². The fraction of sp³-hybridized carbons (Fsp3) is 0.625. The summed E-state index contributed by atoms with van der Waals surface area (Å²) in [5.74, 6) is 0.528. The van der Waals surface area contributed by atoms with E-state index in [0.717, 1.165) is 6.42 Å². The van der Waals surface area contributed by atoms with Crippen LogP contribution in [0.2, 0.25) is 0 Å². The molecule has 0 saturated heterocycles. The lowest BCUT2D eigenvalue weighted by molar-refractivity contribution is -0.118. The van der Waals surface area contributed by atoms with Crippen LogP contribution >= 0.6 is 0 Å². The van der Waals surface area contributed by atoms with Gasteiger partial charge in [-0.2, -0.15) is 0 Å². The van der Waals surface area contributed by atoms with Gasteiger partial charge in [-0.15, -0.1) is 0 Å². The third-order valence-electron chi connectivity index (χ3n) is 1.49. The van der Waals surface area contributed by atoms with Gasteiger partial charge in [0.25, 0.3) is 0 Å². The van der Waals surface area contributed by atoms with E-state index < -0.39 is 0 Å². The highest BCUT2D eigenvalue weighted by Crippen LogP contribution is 2.11. The second-order valence-corrected chi connectivity index (χ2v) is 2.81. The van der Waals surface area contributed by atoms with E-state index in [4.69, 9.17) is 10.5 Å². The standard InChI is InChI=1S/C8H13NO2/c1-6(9)5-7(10)8-3-2-4-11-8/h3,6H,2,4-5,9H2,1H3. The predicted octanol–water partition coefficient (Wildman–Crippen LogP) is 0.597. The number of rotatable bonds is 3. The molecule has 62 valence electrons. The Morgan fingerprint density at radius 2 is 2.64 bits per heavy atom. The summed E-state index contributed by atoms with van der Waals surface area (Å²) in [4.78, 5) is 11.2. The van der Waals surface area contributed by atoms with Crippen molar-refractivity contribution in [3.8, 4) is 0 Å². The van der Waals surface area contributed by atoms with Crippen LogP contribution in [0.5, 0.6) is 0 Å². The fourth-order valence-corrected chi connectivity index (χ4v) is 1.01. The molecule has 0 fully saturated rings. The lowest BCUT2D eigenvalue weighted by atomic mass is 10.1. The number of hydrogen-bond acceptors (Lipinski definition) is 3. The summed E-state index contributed by atoms with van der Waals surface area (Å²) in [5, 5.41) is 0. The Labute approximate surface area is 66.2 Å². The average Bonchev–Trinajstić information content (AvgIpc) is 2.35. The van der Waals surface area contributed by atoms with Crippen LogP contribution in [-0.4, -0.2) is 18.4 Å². The average molecular weight is 155 g/mol. The molecule has 0 saturated carbocycles. The van der Waals surface area contributed by atoms with Crippen LogP contribution < -0.4 is 5.73 Å². The van der Waals surface area contributed by atoms with Crippen LogP contribution in [0.4, 0.5) is 0 Å². The van der Waals surface area contributed by atoms with E-state index in [9.17, 15) is 4.79 Å². The van der Waals surface area contributed by atoms with Gasteiger partial charge < -0.3 is 10.5 Å². The summed E-state index contributed by atoms with van der Waals surface area (Å²) in [7, 11) is 0. The number of carbonyl (C=O) groups excluding carboxylic acids is 1. The molecular formula is C8H13NO2. The first kappa shape index (κ1) is 8.27. The second kappa shape index (κ2) is 3.53. The van der Waals surface area contributed by atoms with E-state index in [2.05, 4.69) is 0 Å². The van der Waals surface area contributed by atoms with E-state index in [0.29, 0.717) is 18.8 Å². The Morgan fingerprint density at radius 3 is 3.09 bits per heavy atom. The smallest absolute Gasteiger partial charge is 0.198 e. The van der Waals surface area contributed by atoms with E-state index in [-0.39, 0.29) is 11.8 Å². The van der Waals surface area contributed by atoms with Gasteiger partial charge in [-0.25, -0.2) is 0 Å². The van der Waals surface area contributed by atoms with Crippen molar-refractivity contribution in [2.24, 2.45) is 5.73 Å². The summed E-state index contributed by atoms with van der Waals surface area (Å²) in [5.41, 5.74) is 5.46. The van der Waals surface area contributed by atoms with Gasteiger partial charge in [0.05, 0.1) is 6.61 Å². The number of allylic oxidation sites excluding steroid dienone is 1. The van der Waals surface area contributed by atoms with Crippen molar-refractivity contribution in [1.29, 1.82) is 0 Å². The highest BCUT2D eigenvalue weighted by molar-refractivity contribution is 5.94. The minimum Gasteiger partial charge on any atom is -0.490 e. The molecule has 3 nitrogen and oxygen atoms in total. The van der Waals surface area contributed by atoms with Crippen LogP contribution in [0.1, 0.15) is 19.8 Å². The lowest BCUT2D eigenvalue weighted by Crippen LogP contribution is -2.20. The summed E-state index contributed by atoms with van der Waals surface area (Å²) in [6.45, 7) is 2.45. The monoisotopic (exact) mass is 155 g/mol. The van der Waals surface area contributed by atoms with Crippen LogP contribution in [0, 0.1) is 0 Å². The van der Waals surface area contributed by atoms with E-state index in [1.807, 2.05) is 13.0 Å². The topological polar surface area (TPSA) is 52.3 Å². The molecule has 2 N–H and O–H groups in total. The normalized spacial score (nSPS) is 18.9. The third-order valence-corrected chi connectivity index (χ3v) is 1.49. The Bertz CT molecular complexity index is 185. The van der Waals surface area contributed by atoms with Crippen LogP contribution in [-0.2, 0) is 9.53 Å². The van der Waals surface area contributed by atoms with E-state index in [1.54, 1.807) is 0 Å². The zero-order chi connectivity index (χ0) is 8.27. The third kappa shape index (κ3) is 2.35. The minimum atomic E-state index is -0.0763. The molecule has 0 bridgehead atoms. The van der Waals surface area contributed by atoms with Gasteiger partial charge >= 0.3 is 0 Å². The Balaban J connectivity index is 2.41. The van der Waals surface area contributed by atoms with Crippen LogP contribution in [0.3, 0.4) is 0 Å². The maximum absolute atomic E-state index is 11.2. The first-order valence-electron chi connectivity index (χ1n) is 3.82. The van der Waals surface area contributed by atoms with Crippen molar-refractivity contribution in [2.45, 2.75) is 25.8 Å². The van der Waals surface area contributed by atoms with Gasteiger partial charge in [-0.3, -0.25) is 4.79 Å². The SMILES string of the molecule is CC(N)CC(=O)C1=CCCO1. The van der Waals surface area contributed by atoms with Gasteiger partial charge in [-0.1, -0.05) is 0 Å². The molecule has 0 aromatic carbocycles. The zero-order valence-electron chi connectivity index (χ0n) is 6.67. The molecule has 1 heterocycles. The van der Waals surface area contributed by atoms with E-state index in [1.165, 1.54) is 0 Å². The van der Waals surface area contributed by atoms with E-state index >= 15 is 0 Å². The number of carbonyl (C=O) groups is 1. The predicted molar refractivity (Wildman–Crippen MR) is 41.9 cm³/mol. The molecule has 3 heteroatoms. The van der Waals surface area contributed by atoms with Gasteiger partial charge in [0.2, 0.25) is 0 Å². The quantitative estimate of drug-likeness (QED) is 0.649. The molecule has 0 aromatic heterocycles. The molecule has 0 radical (unpaired) electrons. The van der Waals surface area contributed by atoms with Crippen molar-refractivity contribution in [1.82, 2.24) is 0 Å².